The van der Waals surface area contributed by atoms with Crippen LogP contribution in [0.25, 0.3) is 22.3 Å². The summed E-state index contributed by atoms with van der Waals surface area (Å²) < 4.78 is 7.65. The van der Waals surface area contributed by atoms with Crippen LogP contribution in [0.1, 0.15) is 43.2 Å². The van der Waals surface area contributed by atoms with Gasteiger partial charge in [0, 0.05) is 12.0 Å². The van der Waals surface area contributed by atoms with E-state index in [0.717, 1.165) is 41.5 Å². The summed E-state index contributed by atoms with van der Waals surface area (Å²) in [5, 5.41) is 23.2. The van der Waals surface area contributed by atoms with E-state index in [1.165, 1.54) is 0 Å². The number of aliphatic carboxylic acids is 1. The molecule has 0 unspecified atom stereocenters. The minimum absolute atomic E-state index is 0.136. The Morgan fingerprint density at radius 2 is 1.91 bits per heavy atom. The first-order valence-electron chi connectivity index (χ1n) is 11.5. The molecule has 0 aliphatic carbocycles. The molecule has 9 heteroatoms. The van der Waals surface area contributed by atoms with Gasteiger partial charge < -0.3 is 15.6 Å². The first kappa shape index (κ1) is 23.7. The molecule has 0 fully saturated rings. The number of nitriles is 1. The number of aromatic nitrogens is 4. The lowest BCUT2D eigenvalue weighted by atomic mass is 10.1. The van der Waals surface area contributed by atoms with E-state index in [1.807, 2.05) is 36.4 Å². The normalized spacial score (nSPS) is 10.8. The predicted molar refractivity (Wildman–Crippen MR) is 132 cm³/mol. The highest BCUT2D eigenvalue weighted by Crippen LogP contribution is 2.28. The molecule has 0 radical (unpaired) electrons. The molecule has 0 spiro atoms. The van der Waals surface area contributed by atoms with E-state index in [2.05, 4.69) is 21.1 Å². The van der Waals surface area contributed by atoms with Gasteiger partial charge in [-0.1, -0.05) is 37.1 Å². The Morgan fingerprint density at radius 1 is 1.09 bits per heavy atom. The number of hydrogen-bond donors (Lipinski definition) is 2. The van der Waals surface area contributed by atoms with E-state index in [-0.39, 0.29) is 12.4 Å². The molecule has 0 aliphatic rings. The van der Waals surface area contributed by atoms with Crippen molar-refractivity contribution in [2.45, 2.75) is 38.6 Å². The molecule has 0 atom stereocenters. The van der Waals surface area contributed by atoms with Crippen molar-refractivity contribution in [3.63, 3.8) is 0 Å². The van der Waals surface area contributed by atoms with Gasteiger partial charge in [0.1, 0.15) is 5.75 Å². The molecular weight excluding hydrogens is 444 g/mol. The first-order chi connectivity index (χ1) is 17.0. The first-order valence-corrected chi connectivity index (χ1v) is 11.5. The lowest BCUT2D eigenvalue weighted by Gasteiger charge is -2.09. The predicted octanol–water partition coefficient (Wildman–Crippen LogP) is 4.41. The number of ether oxygens (including phenoxy) is 1. The molecule has 0 bridgehead atoms. The van der Waals surface area contributed by atoms with Crippen LogP contribution in [0.4, 0.5) is 5.95 Å². The van der Waals surface area contributed by atoms with Crippen molar-refractivity contribution in [2.75, 3.05) is 12.3 Å². The summed E-state index contributed by atoms with van der Waals surface area (Å²) >= 11 is 0. The third kappa shape index (κ3) is 6.12. The number of fused-ring (bicyclic) bond motifs is 1. The van der Waals surface area contributed by atoms with Crippen LogP contribution in [0.2, 0.25) is 0 Å². The number of unbranched alkanes of at least 4 members (excludes halogenated alkanes) is 3. The van der Waals surface area contributed by atoms with Crippen LogP contribution in [-0.2, 0) is 11.3 Å². The van der Waals surface area contributed by atoms with Crippen LogP contribution in [0.5, 0.6) is 5.75 Å². The molecule has 2 aromatic heterocycles. The molecule has 3 N–H and O–H groups in total. The van der Waals surface area contributed by atoms with Gasteiger partial charge in [-0.05, 0) is 42.7 Å². The van der Waals surface area contributed by atoms with E-state index < -0.39 is 5.97 Å². The molecule has 35 heavy (non-hydrogen) atoms. The zero-order valence-corrected chi connectivity index (χ0v) is 19.2. The van der Waals surface area contributed by atoms with Gasteiger partial charge in [0.05, 0.1) is 42.1 Å². The second-order valence-electron chi connectivity index (χ2n) is 8.22. The van der Waals surface area contributed by atoms with Crippen LogP contribution in [0.15, 0.2) is 54.7 Å². The highest BCUT2D eigenvalue weighted by atomic mass is 16.5. The van der Waals surface area contributed by atoms with Gasteiger partial charge in [-0.2, -0.15) is 15.3 Å². The van der Waals surface area contributed by atoms with Gasteiger partial charge in [-0.15, -0.1) is 0 Å². The maximum absolute atomic E-state index is 10.6. The monoisotopic (exact) mass is 470 g/mol. The number of anilines is 1. The average molecular weight is 471 g/mol. The van der Waals surface area contributed by atoms with Crippen molar-refractivity contribution in [3.05, 3.63) is 65.9 Å². The molecule has 178 valence electrons. The van der Waals surface area contributed by atoms with Crippen LogP contribution in [0, 0.1) is 11.3 Å². The Hall–Kier alpha value is -4.45. The highest BCUT2D eigenvalue weighted by Gasteiger charge is 2.14. The fourth-order valence-electron chi connectivity index (χ4n) is 3.87. The van der Waals surface area contributed by atoms with E-state index >= 15 is 0 Å². The van der Waals surface area contributed by atoms with Crippen LogP contribution in [-0.4, -0.2) is 37.4 Å². The third-order valence-corrected chi connectivity index (χ3v) is 5.56. The zero-order chi connectivity index (χ0) is 24.6. The fourth-order valence-corrected chi connectivity index (χ4v) is 3.87. The van der Waals surface area contributed by atoms with Crippen LogP contribution < -0.4 is 10.5 Å². The Balaban J connectivity index is 1.45. The fraction of sp³-hybridized carbons (Fsp3) is 0.269. The second kappa shape index (κ2) is 11.1. The largest absolute Gasteiger partial charge is 0.494 e. The number of rotatable bonds is 11. The number of benzene rings is 2. The lowest BCUT2D eigenvalue weighted by molar-refractivity contribution is -0.137. The smallest absolute Gasteiger partial charge is 0.303 e. The Bertz CT molecular complexity index is 1380. The standard InChI is InChI=1S/C26H26N6O3/c27-15-18-7-5-9-20(13-18)24-22-16-29-32(25(22)31-26(28)30-24)17-19-8-6-10-21(14-19)35-12-4-2-1-3-11-23(33)34/h5-10,13-14,16H,1-4,11-12,17H2,(H,33,34)(H2,28,30,31). The molecule has 9 nitrogen and oxygen atoms in total. The molecule has 0 saturated carbocycles. The van der Waals surface area contributed by atoms with E-state index in [0.29, 0.717) is 36.5 Å². The third-order valence-electron chi connectivity index (χ3n) is 5.56. The van der Waals surface area contributed by atoms with Gasteiger partial charge >= 0.3 is 5.97 Å². The molecular formula is C26H26N6O3. The summed E-state index contributed by atoms with van der Waals surface area (Å²) in [6.07, 6.45) is 5.33. The van der Waals surface area contributed by atoms with Crippen LogP contribution in [0.3, 0.4) is 0 Å². The Labute approximate surface area is 202 Å². The van der Waals surface area contributed by atoms with Crippen LogP contribution >= 0.6 is 0 Å². The minimum Gasteiger partial charge on any atom is -0.494 e. The van der Waals surface area contributed by atoms with Gasteiger partial charge in [-0.25, -0.2) is 9.67 Å². The molecule has 0 saturated heterocycles. The van der Waals surface area contributed by atoms with Crippen molar-refractivity contribution in [1.29, 1.82) is 5.26 Å². The Morgan fingerprint density at radius 3 is 2.74 bits per heavy atom. The zero-order valence-electron chi connectivity index (χ0n) is 19.2. The summed E-state index contributed by atoms with van der Waals surface area (Å²) in [5.74, 6) is 0.159. The molecule has 2 aromatic carbocycles. The number of hydrogen-bond acceptors (Lipinski definition) is 7. The Kier molecular flexibility index (Phi) is 7.53. The van der Waals surface area contributed by atoms with E-state index in [9.17, 15) is 10.1 Å². The average Bonchev–Trinajstić information content (AvgIpc) is 3.25. The molecule has 4 aromatic rings. The van der Waals surface area contributed by atoms with Crippen molar-refractivity contribution >= 4 is 23.0 Å². The quantitative estimate of drug-likeness (QED) is 0.307. The van der Waals surface area contributed by atoms with Crippen molar-refractivity contribution < 1.29 is 14.6 Å². The maximum atomic E-state index is 10.6. The number of nitrogens with zero attached hydrogens (tertiary/aromatic N) is 5. The number of carbonyl (C=O) groups is 1. The molecule has 0 aliphatic heterocycles. The van der Waals surface area contributed by atoms with Gasteiger partial charge in [-0.3, -0.25) is 4.79 Å². The summed E-state index contributed by atoms with van der Waals surface area (Å²) in [5.41, 5.74) is 9.58. The molecule has 4 rings (SSSR count). The van der Waals surface area contributed by atoms with Crippen molar-refractivity contribution in [2.24, 2.45) is 0 Å². The van der Waals surface area contributed by atoms with Crippen molar-refractivity contribution in [3.8, 4) is 23.1 Å². The lowest BCUT2D eigenvalue weighted by Crippen LogP contribution is -2.05. The van der Waals surface area contributed by atoms with E-state index in [4.69, 9.17) is 15.6 Å². The molecule has 2 heterocycles. The SMILES string of the molecule is N#Cc1cccc(-c2nc(N)nc3c2cnn3Cc2cccc(OCCCCCCC(=O)O)c2)c1. The van der Waals surface area contributed by atoms with Gasteiger partial charge in [0.15, 0.2) is 5.65 Å². The van der Waals surface area contributed by atoms with Gasteiger partial charge in [0.2, 0.25) is 5.95 Å². The molecule has 0 amide bonds. The maximum Gasteiger partial charge on any atom is 0.303 e. The minimum atomic E-state index is -0.749. The number of carboxylic acid groups (broad SMARTS) is 1. The summed E-state index contributed by atoms with van der Waals surface area (Å²) in [7, 11) is 0. The van der Waals surface area contributed by atoms with E-state index in [1.54, 1.807) is 23.0 Å². The topological polar surface area (TPSA) is 140 Å². The highest BCUT2D eigenvalue weighted by molar-refractivity contribution is 5.91. The van der Waals surface area contributed by atoms with Gasteiger partial charge in [0.25, 0.3) is 0 Å². The second-order valence-corrected chi connectivity index (χ2v) is 8.22. The summed E-state index contributed by atoms with van der Waals surface area (Å²) in [6, 6.07) is 17.2. The summed E-state index contributed by atoms with van der Waals surface area (Å²) in [4.78, 5) is 19.4. The number of nitrogens with two attached hydrogens (primary N) is 1. The summed E-state index contributed by atoms with van der Waals surface area (Å²) in [6.45, 7) is 1.06. The number of nitrogen functional groups attached to an aromatic ring is 1. The number of carboxylic acids is 1. The van der Waals surface area contributed by atoms with Crippen molar-refractivity contribution in [1.82, 2.24) is 19.7 Å².